The Kier molecular flexibility index (Phi) is 6.44. The molecule has 2 heterocycles. The highest BCUT2D eigenvalue weighted by Crippen LogP contribution is 2.35. The van der Waals surface area contributed by atoms with Gasteiger partial charge in [0.25, 0.3) is 15.9 Å². The van der Waals surface area contributed by atoms with Crippen LogP contribution in [-0.4, -0.2) is 50.2 Å². The normalized spacial score (nSPS) is 21.4. The summed E-state index contributed by atoms with van der Waals surface area (Å²) in [6, 6.07) is 13.9. The number of anilines is 1. The minimum Gasteiger partial charge on any atom is -0.350 e. The van der Waals surface area contributed by atoms with Crippen molar-refractivity contribution in [3.8, 4) is 0 Å². The minimum absolute atomic E-state index is 0.0698. The average Bonchev–Trinajstić information content (AvgIpc) is 3.14. The van der Waals surface area contributed by atoms with E-state index in [1.54, 1.807) is 48.5 Å². The highest BCUT2D eigenvalue weighted by Gasteiger charge is 2.38. The van der Waals surface area contributed by atoms with E-state index >= 15 is 0 Å². The van der Waals surface area contributed by atoms with Crippen molar-refractivity contribution in [1.29, 1.82) is 0 Å². The molecule has 0 unspecified atom stereocenters. The number of sulfonamides is 1. The zero-order valence-electron chi connectivity index (χ0n) is 19.4. The average molecular weight is 481 g/mol. The molecule has 0 radical (unpaired) electrons. The van der Waals surface area contributed by atoms with E-state index < -0.39 is 10.0 Å². The SMILES string of the molecule is O=C(NCC1(N2CCCCC2)CCCCC1)c1ccc(NC2=NS(=O)(=O)c3ccccc32)cc1. The number of fused-ring (bicyclic) bond motifs is 1. The van der Waals surface area contributed by atoms with Gasteiger partial charge in [-0.25, -0.2) is 0 Å². The second-order valence-corrected chi connectivity index (χ2v) is 11.2. The first kappa shape index (κ1) is 23.1. The Hall–Kier alpha value is -2.71. The maximum Gasteiger partial charge on any atom is 0.285 e. The number of rotatable bonds is 5. The van der Waals surface area contributed by atoms with Crippen LogP contribution in [0.1, 0.15) is 67.3 Å². The summed E-state index contributed by atoms with van der Waals surface area (Å²) < 4.78 is 28.4. The van der Waals surface area contributed by atoms with Crippen molar-refractivity contribution in [2.24, 2.45) is 4.40 Å². The molecule has 3 aliphatic rings. The molecule has 2 N–H and O–H groups in total. The van der Waals surface area contributed by atoms with Crippen LogP contribution in [0.5, 0.6) is 0 Å². The summed E-state index contributed by atoms with van der Waals surface area (Å²) in [4.78, 5) is 15.8. The van der Waals surface area contributed by atoms with Gasteiger partial charge in [-0.1, -0.05) is 37.8 Å². The number of carbonyl (C=O) groups is 1. The Bertz CT molecular complexity index is 1180. The molecule has 7 nitrogen and oxygen atoms in total. The van der Waals surface area contributed by atoms with Crippen molar-refractivity contribution in [2.75, 3.05) is 25.0 Å². The first-order valence-corrected chi connectivity index (χ1v) is 13.8. The Morgan fingerprint density at radius 1 is 0.912 bits per heavy atom. The smallest absolute Gasteiger partial charge is 0.285 e. The van der Waals surface area contributed by atoms with Crippen LogP contribution in [-0.2, 0) is 10.0 Å². The van der Waals surface area contributed by atoms with Crippen molar-refractivity contribution < 1.29 is 13.2 Å². The quantitative estimate of drug-likeness (QED) is 0.670. The summed E-state index contributed by atoms with van der Waals surface area (Å²) in [5.41, 5.74) is 1.92. The lowest BCUT2D eigenvalue weighted by Gasteiger charge is -2.48. The fraction of sp³-hybridized carbons (Fsp3) is 0.462. The zero-order valence-corrected chi connectivity index (χ0v) is 20.2. The lowest BCUT2D eigenvalue weighted by molar-refractivity contribution is 0.0326. The maximum absolute atomic E-state index is 13.0. The van der Waals surface area contributed by atoms with Crippen LogP contribution in [0.25, 0.3) is 0 Å². The van der Waals surface area contributed by atoms with Gasteiger partial charge >= 0.3 is 0 Å². The van der Waals surface area contributed by atoms with Crippen molar-refractivity contribution >= 4 is 27.5 Å². The number of hydrogen-bond acceptors (Lipinski definition) is 5. The van der Waals surface area contributed by atoms with Gasteiger partial charge < -0.3 is 10.6 Å². The van der Waals surface area contributed by atoms with Gasteiger partial charge in [-0.3, -0.25) is 9.69 Å². The molecule has 2 aromatic carbocycles. The summed E-state index contributed by atoms with van der Waals surface area (Å²) in [6.45, 7) is 2.97. The van der Waals surface area contributed by atoms with Gasteiger partial charge in [0.2, 0.25) is 0 Å². The number of nitrogens with one attached hydrogen (secondary N) is 2. The van der Waals surface area contributed by atoms with E-state index in [1.807, 2.05) is 0 Å². The number of carbonyl (C=O) groups excluding carboxylic acids is 1. The van der Waals surface area contributed by atoms with E-state index in [1.165, 1.54) is 38.5 Å². The third-order valence-corrected chi connectivity index (χ3v) is 8.77. The molecule has 1 amide bonds. The van der Waals surface area contributed by atoms with Crippen molar-refractivity contribution in [3.05, 3.63) is 59.7 Å². The number of hydrogen-bond donors (Lipinski definition) is 2. The number of likely N-dealkylation sites (tertiary alicyclic amines) is 1. The lowest BCUT2D eigenvalue weighted by Crippen LogP contribution is -2.58. The van der Waals surface area contributed by atoms with Gasteiger partial charge in [0.1, 0.15) is 4.90 Å². The highest BCUT2D eigenvalue weighted by molar-refractivity contribution is 7.90. The first-order chi connectivity index (χ1) is 16.5. The van der Waals surface area contributed by atoms with Crippen LogP contribution in [0, 0.1) is 0 Å². The molecular weight excluding hydrogens is 448 g/mol. The Balaban J connectivity index is 1.24. The summed E-state index contributed by atoms with van der Waals surface area (Å²) in [5, 5.41) is 6.30. The minimum atomic E-state index is -3.67. The predicted octanol–water partition coefficient (Wildman–Crippen LogP) is 4.17. The standard InChI is InChI=1S/C26H32N4O3S/c31-25(27-19-26(15-5-1-6-16-26)30-17-7-2-8-18-30)20-11-13-21(14-12-20)28-24-22-9-3-4-10-23(22)34(32,33)29-24/h3-4,9-14H,1-2,5-8,15-19H2,(H,27,31)(H,28,29). The molecule has 0 atom stereocenters. The molecule has 0 spiro atoms. The molecule has 1 saturated heterocycles. The second-order valence-electron chi connectivity index (χ2n) is 9.63. The third-order valence-electron chi connectivity index (χ3n) is 7.43. The first-order valence-electron chi connectivity index (χ1n) is 12.3. The summed E-state index contributed by atoms with van der Waals surface area (Å²) in [6.07, 6.45) is 9.87. The van der Waals surface area contributed by atoms with Crippen molar-refractivity contribution in [1.82, 2.24) is 10.2 Å². The van der Waals surface area contributed by atoms with Crippen LogP contribution in [0.2, 0.25) is 0 Å². The van der Waals surface area contributed by atoms with Gasteiger partial charge in [-0.05, 0) is 75.2 Å². The van der Waals surface area contributed by atoms with E-state index in [4.69, 9.17) is 0 Å². The van der Waals surface area contributed by atoms with Gasteiger partial charge in [0.15, 0.2) is 5.84 Å². The topological polar surface area (TPSA) is 90.9 Å². The number of piperidine rings is 1. The highest BCUT2D eigenvalue weighted by atomic mass is 32.2. The van der Waals surface area contributed by atoms with Crippen LogP contribution >= 0.6 is 0 Å². The van der Waals surface area contributed by atoms with Crippen LogP contribution in [0.15, 0.2) is 57.8 Å². The van der Waals surface area contributed by atoms with Crippen LogP contribution in [0.4, 0.5) is 5.69 Å². The Morgan fingerprint density at radius 2 is 1.59 bits per heavy atom. The summed E-state index contributed by atoms with van der Waals surface area (Å²) >= 11 is 0. The zero-order chi connectivity index (χ0) is 23.6. The Labute approximate surface area is 201 Å². The fourth-order valence-corrected chi connectivity index (χ4v) is 6.74. The molecule has 0 bridgehead atoms. The second kappa shape index (κ2) is 9.50. The summed E-state index contributed by atoms with van der Waals surface area (Å²) in [5.74, 6) is 0.230. The Morgan fingerprint density at radius 3 is 2.32 bits per heavy atom. The van der Waals surface area contributed by atoms with Gasteiger partial charge in [0, 0.05) is 28.9 Å². The number of amides is 1. The molecule has 5 rings (SSSR count). The van der Waals surface area contributed by atoms with Crippen LogP contribution in [0.3, 0.4) is 0 Å². The lowest BCUT2D eigenvalue weighted by atomic mass is 9.79. The predicted molar refractivity (Wildman–Crippen MR) is 134 cm³/mol. The van der Waals surface area contributed by atoms with E-state index in [2.05, 4.69) is 19.9 Å². The van der Waals surface area contributed by atoms with E-state index in [0.29, 0.717) is 29.2 Å². The monoisotopic (exact) mass is 480 g/mol. The number of nitrogens with zero attached hydrogens (tertiary/aromatic N) is 2. The van der Waals surface area contributed by atoms with E-state index in [-0.39, 0.29) is 16.3 Å². The van der Waals surface area contributed by atoms with Crippen molar-refractivity contribution in [2.45, 2.75) is 61.8 Å². The molecule has 2 fully saturated rings. The molecular formula is C26H32N4O3S. The fourth-order valence-electron chi connectivity index (χ4n) is 5.57. The molecule has 2 aromatic rings. The molecule has 180 valence electrons. The number of amidine groups is 1. The van der Waals surface area contributed by atoms with Gasteiger partial charge in [0.05, 0.1) is 0 Å². The molecule has 2 aliphatic heterocycles. The largest absolute Gasteiger partial charge is 0.350 e. The third kappa shape index (κ3) is 4.61. The van der Waals surface area contributed by atoms with Crippen molar-refractivity contribution in [3.63, 3.8) is 0 Å². The molecule has 0 aromatic heterocycles. The van der Waals surface area contributed by atoms with Crippen LogP contribution < -0.4 is 10.6 Å². The van der Waals surface area contributed by atoms with Gasteiger partial charge in [-0.2, -0.15) is 8.42 Å². The number of benzene rings is 2. The molecule has 34 heavy (non-hydrogen) atoms. The maximum atomic E-state index is 13.0. The van der Waals surface area contributed by atoms with Gasteiger partial charge in [-0.15, -0.1) is 4.40 Å². The van der Waals surface area contributed by atoms with E-state index in [0.717, 1.165) is 25.9 Å². The molecule has 1 saturated carbocycles. The summed E-state index contributed by atoms with van der Waals surface area (Å²) in [7, 11) is -3.67. The van der Waals surface area contributed by atoms with E-state index in [9.17, 15) is 13.2 Å². The molecule has 1 aliphatic carbocycles. The molecule has 8 heteroatoms.